The van der Waals surface area contributed by atoms with Crippen molar-refractivity contribution >= 4 is 23.5 Å². The summed E-state index contributed by atoms with van der Waals surface area (Å²) >= 11 is 0. The topological polar surface area (TPSA) is 78.4 Å². The van der Waals surface area contributed by atoms with Crippen molar-refractivity contribution in [1.82, 2.24) is 14.9 Å². The molecule has 7 nitrogen and oxygen atoms in total. The summed E-state index contributed by atoms with van der Waals surface area (Å²) in [4.78, 5) is 36.5. The van der Waals surface area contributed by atoms with Gasteiger partial charge in [0.15, 0.2) is 0 Å². The number of hydrogen-bond donors (Lipinski definition) is 1. The zero-order chi connectivity index (χ0) is 18.7. The zero-order valence-corrected chi connectivity index (χ0v) is 15.3. The quantitative estimate of drug-likeness (QED) is 0.914. The molecular weight excluding hydrogens is 330 g/mol. The van der Waals surface area contributed by atoms with Gasteiger partial charge in [0, 0.05) is 45.5 Å². The molecule has 3 heterocycles. The van der Waals surface area contributed by atoms with E-state index >= 15 is 0 Å². The van der Waals surface area contributed by atoms with Crippen LogP contribution in [-0.4, -0.2) is 47.3 Å². The minimum atomic E-state index is -0.214. The number of pyridine rings is 2. The molecule has 136 valence electrons. The number of hydrogen-bond acceptors (Lipinski definition) is 5. The van der Waals surface area contributed by atoms with Crippen LogP contribution in [0.3, 0.4) is 0 Å². The first-order chi connectivity index (χ1) is 12.5. The second-order valence-electron chi connectivity index (χ2n) is 6.61. The van der Waals surface area contributed by atoms with Gasteiger partial charge in [-0.05, 0) is 42.7 Å². The highest BCUT2D eigenvalue weighted by atomic mass is 16.2. The first kappa shape index (κ1) is 17.8. The summed E-state index contributed by atoms with van der Waals surface area (Å²) in [6, 6.07) is 7.34. The van der Waals surface area contributed by atoms with Crippen LogP contribution in [0.1, 0.15) is 41.7 Å². The Labute approximate surface area is 153 Å². The normalized spacial score (nSPS) is 16.4. The van der Waals surface area contributed by atoms with Crippen LogP contribution in [-0.2, 0) is 4.79 Å². The fourth-order valence-corrected chi connectivity index (χ4v) is 3.22. The molecule has 1 saturated heterocycles. The second kappa shape index (κ2) is 7.51. The van der Waals surface area contributed by atoms with Crippen molar-refractivity contribution < 1.29 is 9.59 Å². The van der Waals surface area contributed by atoms with Crippen molar-refractivity contribution in [3.63, 3.8) is 0 Å². The first-order valence-corrected chi connectivity index (χ1v) is 8.63. The SMILES string of the molecule is CC(=O)Nc1cc(C(=O)N2CCC[C@@H]2c2ccnc(N(C)C)c2)ccn1. The lowest BCUT2D eigenvalue weighted by molar-refractivity contribution is -0.114. The maximum Gasteiger partial charge on any atom is 0.254 e. The van der Waals surface area contributed by atoms with E-state index in [1.807, 2.05) is 36.0 Å². The molecular formula is C19H23N5O2. The number of amides is 2. The third-order valence-corrected chi connectivity index (χ3v) is 4.44. The standard InChI is InChI=1S/C19H23N5O2/c1-13(25)22-17-11-15(7-8-20-17)19(26)24-10-4-5-16(24)14-6-9-21-18(12-14)23(2)3/h6-9,11-12,16H,4-5,10H2,1-3H3,(H,20,22,25)/t16-/m1/s1. The third-order valence-electron chi connectivity index (χ3n) is 4.44. The third kappa shape index (κ3) is 3.82. The molecule has 1 aliphatic rings. The number of rotatable bonds is 4. The summed E-state index contributed by atoms with van der Waals surface area (Å²) in [6.07, 6.45) is 5.21. The van der Waals surface area contributed by atoms with Gasteiger partial charge in [0.2, 0.25) is 5.91 Å². The lowest BCUT2D eigenvalue weighted by atomic mass is 10.0. The van der Waals surface area contributed by atoms with Gasteiger partial charge in [-0.2, -0.15) is 0 Å². The molecule has 3 rings (SSSR count). The van der Waals surface area contributed by atoms with Crippen molar-refractivity contribution in [3.05, 3.63) is 47.8 Å². The summed E-state index contributed by atoms with van der Waals surface area (Å²) in [6.45, 7) is 2.12. The maximum absolute atomic E-state index is 13.0. The van der Waals surface area contributed by atoms with E-state index in [0.29, 0.717) is 17.9 Å². The second-order valence-corrected chi connectivity index (χ2v) is 6.61. The Morgan fingerprint density at radius 3 is 2.69 bits per heavy atom. The van der Waals surface area contributed by atoms with E-state index in [1.54, 1.807) is 24.5 Å². The van der Waals surface area contributed by atoms with Crippen LogP contribution >= 0.6 is 0 Å². The van der Waals surface area contributed by atoms with Crippen molar-refractivity contribution in [3.8, 4) is 0 Å². The van der Waals surface area contributed by atoms with Gasteiger partial charge in [-0.25, -0.2) is 9.97 Å². The number of aromatic nitrogens is 2. The number of likely N-dealkylation sites (tertiary alicyclic amines) is 1. The van der Waals surface area contributed by atoms with Gasteiger partial charge in [-0.3, -0.25) is 9.59 Å². The molecule has 2 amide bonds. The van der Waals surface area contributed by atoms with E-state index < -0.39 is 0 Å². The van der Waals surface area contributed by atoms with E-state index in [9.17, 15) is 9.59 Å². The van der Waals surface area contributed by atoms with Crippen molar-refractivity contribution in [2.45, 2.75) is 25.8 Å². The molecule has 0 radical (unpaired) electrons. The van der Waals surface area contributed by atoms with Gasteiger partial charge in [-0.1, -0.05) is 0 Å². The number of carbonyl (C=O) groups is 2. The van der Waals surface area contributed by atoms with Crippen molar-refractivity contribution in [2.75, 3.05) is 30.9 Å². The molecule has 7 heteroatoms. The molecule has 1 fully saturated rings. The predicted molar refractivity (Wildman–Crippen MR) is 100 cm³/mol. The predicted octanol–water partition coefficient (Wildman–Crippen LogP) is 2.48. The van der Waals surface area contributed by atoms with Crippen LogP contribution in [0.4, 0.5) is 11.6 Å². The van der Waals surface area contributed by atoms with Crippen LogP contribution < -0.4 is 10.2 Å². The average Bonchev–Trinajstić information content (AvgIpc) is 3.10. The fourth-order valence-electron chi connectivity index (χ4n) is 3.22. The number of nitrogens with one attached hydrogen (secondary N) is 1. The molecule has 0 aliphatic carbocycles. The molecule has 0 bridgehead atoms. The Morgan fingerprint density at radius 2 is 1.96 bits per heavy atom. The summed E-state index contributed by atoms with van der Waals surface area (Å²) in [5.41, 5.74) is 1.61. The fraction of sp³-hybridized carbons (Fsp3) is 0.368. The largest absolute Gasteiger partial charge is 0.363 e. The summed E-state index contributed by atoms with van der Waals surface area (Å²) in [5.74, 6) is 0.996. The van der Waals surface area contributed by atoms with Crippen LogP contribution in [0.2, 0.25) is 0 Å². The molecule has 2 aromatic rings. The lowest BCUT2D eigenvalue weighted by Gasteiger charge is -2.26. The van der Waals surface area contributed by atoms with Gasteiger partial charge in [-0.15, -0.1) is 0 Å². The van der Waals surface area contributed by atoms with Gasteiger partial charge in [0.05, 0.1) is 6.04 Å². The van der Waals surface area contributed by atoms with Gasteiger partial charge < -0.3 is 15.1 Å². The molecule has 2 aromatic heterocycles. The van der Waals surface area contributed by atoms with Gasteiger partial charge in [0.1, 0.15) is 11.6 Å². The molecule has 0 unspecified atom stereocenters. The minimum Gasteiger partial charge on any atom is -0.363 e. The molecule has 1 aliphatic heterocycles. The zero-order valence-electron chi connectivity index (χ0n) is 15.3. The molecule has 1 N–H and O–H groups in total. The minimum absolute atomic E-state index is 0.0292. The summed E-state index contributed by atoms with van der Waals surface area (Å²) < 4.78 is 0. The molecule has 26 heavy (non-hydrogen) atoms. The van der Waals surface area contributed by atoms with E-state index in [2.05, 4.69) is 15.3 Å². The molecule has 0 aromatic carbocycles. The van der Waals surface area contributed by atoms with Gasteiger partial charge in [0.25, 0.3) is 5.91 Å². The molecule has 1 atom stereocenters. The monoisotopic (exact) mass is 353 g/mol. The highest BCUT2D eigenvalue weighted by molar-refractivity contribution is 5.96. The highest BCUT2D eigenvalue weighted by Crippen LogP contribution is 2.34. The molecule has 0 saturated carbocycles. The highest BCUT2D eigenvalue weighted by Gasteiger charge is 2.31. The lowest BCUT2D eigenvalue weighted by Crippen LogP contribution is -2.30. The number of nitrogens with zero attached hydrogens (tertiary/aromatic N) is 4. The summed E-state index contributed by atoms with van der Waals surface area (Å²) in [5, 5.41) is 2.62. The Balaban J connectivity index is 1.85. The van der Waals surface area contributed by atoms with Crippen molar-refractivity contribution in [2.24, 2.45) is 0 Å². The molecule has 0 spiro atoms. The van der Waals surface area contributed by atoms with E-state index in [-0.39, 0.29) is 17.9 Å². The Bertz CT molecular complexity index is 821. The number of carbonyl (C=O) groups excluding carboxylic acids is 2. The smallest absolute Gasteiger partial charge is 0.254 e. The first-order valence-electron chi connectivity index (χ1n) is 8.63. The van der Waals surface area contributed by atoms with Crippen LogP contribution in [0.15, 0.2) is 36.7 Å². The maximum atomic E-state index is 13.0. The Kier molecular flexibility index (Phi) is 5.16. The Morgan fingerprint density at radius 1 is 1.19 bits per heavy atom. The van der Waals surface area contributed by atoms with Gasteiger partial charge >= 0.3 is 0 Å². The summed E-state index contributed by atoms with van der Waals surface area (Å²) in [7, 11) is 3.90. The van der Waals surface area contributed by atoms with Crippen LogP contribution in [0.25, 0.3) is 0 Å². The van der Waals surface area contributed by atoms with E-state index in [0.717, 1.165) is 24.2 Å². The van der Waals surface area contributed by atoms with Crippen LogP contribution in [0.5, 0.6) is 0 Å². The average molecular weight is 353 g/mol. The number of anilines is 2. The van der Waals surface area contributed by atoms with Crippen molar-refractivity contribution in [1.29, 1.82) is 0 Å². The van der Waals surface area contributed by atoms with E-state index in [1.165, 1.54) is 6.92 Å². The Hall–Kier alpha value is -2.96. The van der Waals surface area contributed by atoms with E-state index in [4.69, 9.17) is 0 Å². The van der Waals surface area contributed by atoms with Crippen LogP contribution in [0, 0.1) is 0 Å².